The number of hydrogen-bond donors (Lipinski definition) is 2. The lowest BCUT2D eigenvalue weighted by Gasteiger charge is -2.54. The molecule has 9 nitrogen and oxygen atoms in total. The van der Waals surface area contributed by atoms with Crippen LogP contribution in [0.15, 0.2) is 30.3 Å². The number of esters is 1. The van der Waals surface area contributed by atoms with Crippen molar-refractivity contribution in [3.8, 4) is 11.1 Å². The SMILES string of the molecule is CC(C)c1nc(C(C)C)c(COCP(=O)(O)O)c(-c2ccc(F)cc2)c1/C=C/[C@@H]1C[C@H](CC(=O)OCC[Si](C)(C)C)O[Si](C(C)(C)C)(C(C)(C)C)O1. The number of halogens is 1. The molecule has 0 radical (unpaired) electrons. The summed E-state index contributed by atoms with van der Waals surface area (Å²) in [5, 5.41) is -0.687. The Kier molecular flexibility index (Phi) is 14.7. The van der Waals surface area contributed by atoms with Crippen molar-refractivity contribution < 1.29 is 41.9 Å². The quantitative estimate of drug-likeness (QED) is 0.110. The number of rotatable bonds is 14. The van der Waals surface area contributed by atoms with Crippen LogP contribution in [0.5, 0.6) is 0 Å². The molecule has 0 unspecified atom stereocenters. The monoisotopic (exact) mass is 779 g/mol. The van der Waals surface area contributed by atoms with Gasteiger partial charge in [0.25, 0.3) is 0 Å². The first-order valence-electron chi connectivity index (χ1n) is 18.4. The fourth-order valence-corrected chi connectivity index (χ4v) is 13.0. The number of benzene rings is 1. The molecule has 2 heterocycles. The number of aromatic nitrogens is 1. The Hall–Kier alpha value is -2.03. The summed E-state index contributed by atoms with van der Waals surface area (Å²) in [6, 6.07) is 7.10. The molecule has 2 atom stereocenters. The molecule has 1 saturated heterocycles. The maximum Gasteiger partial charge on any atom is 0.350 e. The van der Waals surface area contributed by atoms with E-state index < -0.39 is 42.8 Å². The van der Waals surface area contributed by atoms with Crippen LogP contribution < -0.4 is 0 Å². The van der Waals surface area contributed by atoms with E-state index in [2.05, 4.69) is 75.0 Å². The van der Waals surface area contributed by atoms with Crippen LogP contribution in [0, 0.1) is 5.82 Å². The van der Waals surface area contributed by atoms with Gasteiger partial charge in [-0.05, 0) is 41.1 Å². The summed E-state index contributed by atoms with van der Waals surface area (Å²) in [7, 11) is -8.88. The Bertz CT molecular complexity index is 1590. The minimum absolute atomic E-state index is 0.00619. The van der Waals surface area contributed by atoms with Crippen LogP contribution in [0.2, 0.25) is 35.8 Å². The first-order valence-corrected chi connectivity index (χ1v) is 25.7. The Morgan fingerprint density at radius 2 is 1.60 bits per heavy atom. The minimum Gasteiger partial charge on any atom is -0.466 e. The average Bonchev–Trinajstić information content (AvgIpc) is 2.97. The van der Waals surface area contributed by atoms with E-state index >= 15 is 0 Å². The van der Waals surface area contributed by atoms with Crippen LogP contribution in [0.4, 0.5) is 4.39 Å². The fourth-order valence-electron chi connectivity index (χ4n) is 6.95. The summed E-state index contributed by atoms with van der Waals surface area (Å²) in [6.07, 6.45) is 3.04. The molecule has 1 aliphatic rings. The third-order valence-corrected chi connectivity index (χ3v) is 16.7. The highest BCUT2D eigenvalue weighted by Gasteiger charge is 2.62. The van der Waals surface area contributed by atoms with Crippen molar-refractivity contribution in [1.82, 2.24) is 4.98 Å². The van der Waals surface area contributed by atoms with E-state index in [1.807, 2.05) is 26.0 Å². The van der Waals surface area contributed by atoms with Crippen molar-refractivity contribution in [2.75, 3.05) is 13.0 Å². The van der Waals surface area contributed by atoms with Crippen LogP contribution in [0.1, 0.15) is 116 Å². The van der Waals surface area contributed by atoms with Crippen molar-refractivity contribution in [3.05, 3.63) is 58.7 Å². The molecule has 1 aliphatic heterocycles. The van der Waals surface area contributed by atoms with E-state index in [4.69, 9.17) is 23.3 Å². The number of ether oxygens (including phenoxy) is 2. The molecule has 2 N–H and O–H groups in total. The second kappa shape index (κ2) is 17.2. The van der Waals surface area contributed by atoms with Gasteiger partial charge in [0.2, 0.25) is 0 Å². The first kappa shape index (κ1) is 44.4. The molecule has 292 valence electrons. The molecular formula is C39H63FNO8PSi2. The molecule has 2 aromatic rings. The number of pyridine rings is 1. The van der Waals surface area contributed by atoms with Gasteiger partial charge in [0, 0.05) is 41.4 Å². The van der Waals surface area contributed by atoms with Gasteiger partial charge in [-0.3, -0.25) is 14.3 Å². The lowest BCUT2D eigenvalue weighted by Crippen LogP contribution is -2.63. The van der Waals surface area contributed by atoms with Gasteiger partial charge in [-0.25, -0.2) is 4.39 Å². The molecule has 0 spiro atoms. The van der Waals surface area contributed by atoms with Gasteiger partial charge in [-0.1, -0.05) is 113 Å². The van der Waals surface area contributed by atoms with Crippen LogP contribution in [0.25, 0.3) is 17.2 Å². The molecule has 0 amide bonds. The third kappa shape index (κ3) is 11.7. The van der Waals surface area contributed by atoms with Crippen LogP contribution in [-0.4, -0.2) is 62.5 Å². The van der Waals surface area contributed by atoms with Gasteiger partial charge < -0.3 is 28.1 Å². The molecule has 0 saturated carbocycles. The summed E-state index contributed by atoms with van der Waals surface area (Å²) < 4.78 is 51.4. The summed E-state index contributed by atoms with van der Waals surface area (Å²) in [5.41, 5.74) is 4.52. The minimum atomic E-state index is -4.44. The van der Waals surface area contributed by atoms with Gasteiger partial charge in [-0.2, -0.15) is 0 Å². The molecular weight excluding hydrogens is 717 g/mol. The highest BCUT2D eigenvalue weighted by Crippen LogP contribution is 2.55. The number of nitrogens with zero attached hydrogens (tertiary/aromatic N) is 1. The van der Waals surface area contributed by atoms with E-state index in [1.165, 1.54) is 12.1 Å². The number of hydrogen-bond acceptors (Lipinski definition) is 7. The van der Waals surface area contributed by atoms with Crippen molar-refractivity contribution in [3.63, 3.8) is 0 Å². The first-order chi connectivity index (χ1) is 23.7. The van der Waals surface area contributed by atoms with Crippen LogP contribution >= 0.6 is 7.60 Å². The van der Waals surface area contributed by atoms with E-state index in [9.17, 15) is 23.5 Å². The molecule has 0 bridgehead atoms. The van der Waals surface area contributed by atoms with Crippen LogP contribution in [0.3, 0.4) is 0 Å². The van der Waals surface area contributed by atoms with Crippen LogP contribution in [-0.2, 0) is 34.3 Å². The predicted molar refractivity (Wildman–Crippen MR) is 212 cm³/mol. The third-order valence-electron chi connectivity index (χ3n) is 9.24. The molecule has 0 aliphatic carbocycles. The average molecular weight is 780 g/mol. The van der Waals surface area contributed by atoms with Crippen molar-refractivity contribution in [2.45, 2.75) is 148 Å². The summed E-state index contributed by atoms with van der Waals surface area (Å²) in [4.78, 5) is 37.5. The standard InChI is InChI=1S/C39H63FNO8PSi2/c1-26(2)36-32(35(28-14-16-29(40)17-15-28)33(37(41-36)27(3)4)24-46-25-50(43,44)45)19-18-30-22-31(23-34(42)47-20-21-51(11,12)13)49-52(48-30,38(5,6)7)39(8,9)10/h14-19,26-27,30-31H,20-25H2,1-13H3,(H2,43,44,45)/b19-18+/t30-,31-/m1/s1. The van der Waals surface area contributed by atoms with Gasteiger partial charge in [-0.15, -0.1) is 0 Å². The normalized spacial score (nSPS) is 18.8. The van der Waals surface area contributed by atoms with Crippen molar-refractivity contribution in [1.29, 1.82) is 0 Å². The number of carbonyl (C=O) groups excluding carboxylic acids is 1. The zero-order valence-electron chi connectivity index (χ0n) is 33.6. The van der Waals surface area contributed by atoms with E-state index in [0.717, 1.165) is 34.1 Å². The fraction of sp³-hybridized carbons (Fsp3) is 0.641. The highest BCUT2D eigenvalue weighted by molar-refractivity contribution is 7.51. The molecule has 3 rings (SSSR count). The largest absolute Gasteiger partial charge is 0.466 e. The van der Waals surface area contributed by atoms with E-state index in [-0.39, 0.29) is 46.7 Å². The van der Waals surface area contributed by atoms with E-state index in [1.54, 1.807) is 12.1 Å². The predicted octanol–water partition coefficient (Wildman–Crippen LogP) is 10.3. The smallest absolute Gasteiger partial charge is 0.350 e. The van der Waals surface area contributed by atoms with E-state index in [0.29, 0.717) is 18.6 Å². The van der Waals surface area contributed by atoms with Gasteiger partial charge in [0.05, 0.1) is 37.5 Å². The highest BCUT2D eigenvalue weighted by atomic mass is 31.2. The second-order valence-electron chi connectivity index (χ2n) is 18.0. The summed E-state index contributed by atoms with van der Waals surface area (Å²) >= 11 is 0. The Labute approximate surface area is 313 Å². The van der Waals surface area contributed by atoms with Crippen molar-refractivity contribution >= 4 is 36.3 Å². The summed E-state index contributed by atoms with van der Waals surface area (Å²) in [5.74, 6) is -0.701. The number of carbonyl (C=O) groups is 1. The zero-order valence-corrected chi connectivity index (χ0v) is 36.5. The van der Waals surface area contributed by atoms with Crippen molar-refractivity contribution in [2.24, 2.45) is 0 Å². The summed E-state index contributed by atoms with van der Waals surface area (Å²) in [6.45, 7) is 28.1. The second-order valence-corrected chi connectivity index (χ2v) is 29.9. The molecule has 52 heavy (non-hydrogen) atoms. The molecule has 1 aromatic heterocycles. The van der Waals surface area contributed by atoms with Gasteiger partial charge in [0.15, 0.2) is 0 Å². The lowest BCUT2D eigenvalue weighted by atomic mass is 9.87. The Morgan fingerprint density at radius 3 is 2.10 bits per heavy atom. The zero-order chi connectivity index (χ0) is 39.4. The molecule has 1 aromatic carbocycles. The van der Waals surface area contributed by atoms with Gasteiger partial charge >= 0.3 is 22.1 Å². The molecule has 13 heteroatoms. The topological polar surface area (TPSA) is 124 Å². The lowest BCUT2D eigenvalue weighted by molar-refractivity contribution is -0.146. The molecule has 1 fully saturated rings. The maximum atomic E-state index is 14.3. The maximum absolute atomic E-state index is 14.3. The Balaban J connectivity index is 2.21. The Morgan fingerprint density at radius 1 is 1.02 bits per heavy atom. The van der Waals surface area contributed by atoms with Gasteiger partial charge in [0.1, 0.15) is 12.2 Å².